The summed E-state index contributed by atoms with van der Waals surface area (Å²) >= 11 is 0. The van der Waals surface area contributed by atoms with Crippen LogP contribution in [0.1, 0.15) is 144 Å². The third kappa shape index (κ3) is 11.0. The van der Waals surface area contributed by atoms with E-state index in [0.29, 0.717) is 86.1 Å². The molecular weight excluding hydrogens is 995 g/mol. The molecular formula is C60H74F2N10O6. The summed E-state index contributed by atoms with van der Waals surface area (Å²) in [6.07, 6.45) is 7.31. The van der Waals surface area contributed by atoms with Crippen molar-refractivity contribution in [1.29, 1.82) is 0 Å². The number of likely N-dealkylation sites (tertiary alicyclic amines) is 2. The van der Waals surface area contributed by atoms with Crippen LogP contribution in [0, 0.1) is 29.4 Å². The van der Waals surface area contributed by atoms with Gasteiger partial charge in [-0.15, -0.1) is 0 Å². The number of aromatic amines is 2. The zero-order chi connectivity index (χ0) is 54.9. The van der Waals surface area contributed by atoms with Crippen molar-refractivity contribution in [2.45, 2.75) is 135 Å². The molecule has 18 heteroatoms. The van der Waals surface area contributed by atoms with Gasteiger partial charge in [-0.1, -0.05) is 70.2 Å². The molecule has 4 amide bonds. The Kier molecular flexibility index (Phi) is 16.0. The average molecular weight is 1070 g/mol. The summed E-state index contributed by atoms with van der Waals surface area (Å²) in [5, 5.41) is 12.6. The molecule has 0 spiro atoms. The number of anilines is 2. The monoisotopic (exact) mass is 1070 g/mol. The average Bonchev–Trinajstić information content (AvgIpc) is 4.48. The standard InChI is InChI=1S/C60H74F2N10O6/c1-35(2)52(67-59(75)78-6)57(73)70-27-11-17-50(70)55-63-44-21-19-39(31-46(44)65-55)48-23-24-49(40-20-22-45-47(32-40)66-56(64-45)51-18-12-28-71(51)58(74)53(36(3)4)68(5)60(76)77)72(48)41-33-42(61)54(43(62)34-41)69-29-25-38(26-30-69)16-10-15-37-13-8-7-9-14-37/h7-9,13-14,19-22,31-36,38,48-53H,10-12,15-18,23-30H2,1-6H3,(H,63,65)(H,64,66)(H,67,75)(H,76,77)/t48-,49-,50+,51+,52+,53+/m1/s1. The number of piperidine rings is 1. The third-order valence-corrected chi connectivity index (χ3v) is 17.1. The molecule has 6 aromatic rings. The fourth-order valence-electron chi connectivity index (χ4n) is 13.0. The van der Waals surface area contributed by atoms with E-state index in [4.69, 9.17) is 14.7 Å². The highest BCUT2D eigenvalue weighted by Gasteiger charge is 2.42. The molecule has 4 aliphatic heterocycles. The number of methoxy groups -OCH3 is 1. The van der Waals surface area contributed by atoms with E-state index >= 15 is 8.78 Å². The maximum absolute atomic E-state index is 16.9. The van der Waals surface area contributed by atoms with Crippen molar-refractivity contribution in [3.05, 3.63) is 119 Å². The Morgan fingerprint density at radius 2 is 1.27 bits per heavy atom. The molecule has 0 bridgehead atoms. The lowest BCUT2D eigenvalue weighted by Gasteiger charge is -2.36. The molecule has 4 aromatic carbocycles. The number of hydrogen-bond donors (Lipinski definition) is 4. The van der Waals surface area contributed by atoms with Crippen LogP contribution < -0.4 is 15.1 Å². The van der Waals surface area contributed by atoms with E-state index in [9.17, 15) is 24.3 Å². The number of carbonyl (C=O) groups excluding carboxylic acids is 3. The lowest BCUT2D eigenvalue weighted by Crippen LogP contribution is -2.51. The molecule has 4 aliphatic rings. The largest absolute Gasteiger partial charge is 0.465 e. The van der Waals surface area contributed by atoms with Gasteiger partial charge in [-0.05, 0) is 141 Å². The Bertz CT molecular complexity index is 3120. The highest BCUT2D eigenvalue weighted by Crippen LogP contribution is 2.49. The molecule has 6 heterocycles. The zero-order valence-corrected chi connectivity index (χ0v) is 45.7. The smallest absolute Gasteiger partial charge is 0.407 e. The highest BCUT2D eigenvalue weighted by molar-refractivity contribution is 5.87. The van der Waals surface area contributed by atoms with Crippen LogP contribution in [0.3, 0.4) is 0 Å². The molecule has 2 aromatic heterocycles. The highest BCUT2D eigenvalue weighted by atomic mass is 19.1. The van der Waals surface area contributed by atoms with Crippen molar-refractivity contribution in [3.63, 3.8) is 0 Å². The maximum Gasteiger partial charge on any atom is 0.407 e. The molecule has 0 saturated carbocycles. The van der Waals surface area contributed by atoms with E-state index < -0.39 is 35.9 Å². The summed E-state index contributed by atoms with van der Waals surface area (Å²) in [7, 11) is 2.71. The number of nitrogens with one attached hydrogen (secondary N) is 3. The van der Waals surface area contributed by atoms with Crippen LogP contribution in [-0.2, 0) is 20.7 Å². The first kappa shape index (κ1) is 54.1. The maximum atomic E-state index is 16.9. The molecule has 16 nitrogen and oxygen atoms in total. The van der Waals surface area contributed by atoms with Gasteiger partial charge in [0.25, 0.3) is 0 Å². The second-order valence-electron chi connectivity index (χ2n) is 22.7. The third-order valence-electron chi connectivity index (χ3n) is 17.1. The lowest BCUT2D eigenvalue weighted by atomic mass is 9.90. The number of carbonyl (C=O) groups is 4. The molecule has 6 atom stereocenters. The summed E-state index contributed by atoms with van der Waals surface area (Å²) in [6, 6.07) is 22.6. The Balaban J connectivity index is 0.943. The summed E-state index contributed by atoms with van der Waals surface area (Å²) in [5.41, 5.74) is 6.57. The number of hydrogen-bond acceptors (Lipinski definition) is 9. The van der Waals surface area contributed by atoms with Gasteiger partial charge in [0.05, 0.1) is 53.3 Å². The number of benzene rings is 4. The van der Waals surface area contributed by atoms with Gasteiger partial charge in [0, 0.05) is 38.9 Å². The second-order valence-corrected chi connectivity index (χ2v) is 22.7. The quantitative estimate of drug-likeness (QED) is 0.0728. The zero-order valence-electron chi connectivity index (χ0n) is 45.7. The van der Waals surface area contributed by atoms with Gasteiger partial charge in [0.2, 0.25) is 11.8 Å². The number of aryl methyl sites for hydroxylation is 1. The Morgan fingerprint density at radius 3 is 1.78 bits per heavy atom. The minimum Gasteiger partial charge on any atom is -0.465 e. The second kappa shape index (κ2) is 23.0. The van der Waals surface area contributed by atoms with Crippen LogP contribution in [0.2, 0.25) is 0 Å². The number of H-pyrrole nitrogens is 2. The SMILES string of the molecule is COC(=O)N[C@H](C(=O)N1CCC[C@H]1c1nc2cc([C@H]3CC[C@H](c4ccc5[nH]c([C@@H]6CCCN6C(=O)[C@H](C(C)C)N(C)C(=O)O)nc5c4)N3c3cc(F)c(N4CCC(CCCc5ccccc5)CC4)c(F)c3)ccc2[nH]1)C(C)C. The molecule has 0 aliphatic carbocycles. The molecule has 0 unspecified atom stereocenters. The molecule has 4 N–H and O–H groups in total. The van der Waals surface area contributed by atoms with E-state index in [1.54, 1.807) is 9.80 Å². The summed E-state index contributed by atoms with van der Waals surface area (Å²) in [6.45, 7) is 9.63. The predicted octanol–water partition coefficient (Wildman–Crippen LogP) is 11.4. The van der Waals surface area contributed by atoms with Crippen molar-refractivity contribution in [3.8, 4) is 0 Å². The van der Waals surface area contributed by atoms with Crippen molar-refractivity contribution in [1.82, 2.24) is 40.0 Å². The number of fused-ring (bicyclic) bond motifs is 2. The van der Waals surface area contributed by atoms with Gasteiger partial charge in [-0.3, -0.25) is 14.5 Å². The number of imidazole rings is 2. The number of nitrogens with zero attached hydrogens (tertiary/aromatic N) is 7. The van der Waals surface area contributed by atoms with E-state index in [0.717, 1.165) is 72.0 Å². The van der Waals surface area contributed by atoms with Gasteiger partial charge >= 0.3 is 12.2 Å². The lowest BCUT2D eigenvalue weighted by molar-refractivity contribution is -0.138. The topological polar surface area (TPSA) is 183 Å². The molecule has 10 rings (SSSR count). The van der Waals surface area contributed by atoms with Crippen LogP contribution >= 0.6 is 0 Å². The normalized spacial score (nSPS) is 20.8. The molecule has 414 valence electrons. The Labute approximate surface area is 454 Å². The number of aromatic nitrogens is 4. The predicted molar refractivity (Wildman–Crippen MR) is 296 cm³/mol. The number of rotatable bonds is 16. The number of carboxylic acid groups (broad SMARTS) is 1. The number of amides is 4. The number of alkyl carbamates (subject to hydrolysis) is 1. The van der Waals surface area contributed by atoms with E-state index in [1.165, 1.54) is 31.9 Å². The molecule has 4 fully saturated rings. The molecule has 0 radical (unpaired) electrons. The minimum absolute atomic E-state index is 0.0127. The first-order valence-electron chi connectivity index (χ1n) is 28.0. The Hall–Kier alpha value is -7.24. The molecule has 4 saturated heterocycles. The number of ether oxygens (including phenoxy) is 1. The van der Waals surface area contributed by atoms with Gasteiger partial charge in [-0.25, -0.2) is 28.3 Å². The fourth-order valence-corrected chi connectivity index (χ4v) is 13.0. The van der Waals surface area contributed by atoms with Crippen molar-refractivity contribution in [2.24, 2.45) is 17.8 Å². The fraction of sp³-hybridized carbons (Fsp3) is 0.500. The van der Waals surface area contributed by atoms with Gasteiger partial charge in [0.15, 0.2) is 11.6 Å². The van der Waals surface area contributed by atoms with E-state index in [1.807, 2.05) is 75.1 Å². The number of halogens is 2. The first-order chi connectivity index (χ1) is 37.6. The first-order valence-corrected chi connectivity index (χ1v) is 28.0. The summed E-state index contributed by atoms with van der Waals surface area (Å²) < 4.78 is 38.6. The number of likely N-dealkylation sites (N-methyl/N-ethyl adjacent to an activating group) is 1. The van der Waals surface area contributed by atoms with E-state index in [-0.39, 0.29) is 53.5 Å². The Morgan fingerprint density at radius 1 is 0.718 bits per heavy atom. The van der Waals surface area contributed by atoms with Crippen LogP contribution in [-0.4, -0.2) is 116 Å². The minimum atomic E-state index is -1.16. The summed E-state index contributed by atoms with van der Waals surface area (Å²) in [5.74, 6) is -0.289. The van der Waals surface area contributed by atoms with Crippen molar-refractivity contribution < 1.29 is 37.8 Å². The van der Waals surface area contributed by atoms with E-state index in [2.05, 4.69) is 44.5 Å². The van der Waals surface area contributed by atoms with Crippen LogP contribution in [0.5, 0.6) is 0 Å². The van der Waals surface area contributed by atoms with Gasteiger partial charge < -0.3 is 44.7 Å². The van der Waals surface area contributed by atoms with Crippen molar-refractivity contribution in [2.75, 3.05) is 50.1 Å². The van der Waals surface area contributed by atoms with Crippen molar-refractivity contribution >= 4 is 57.4 Å². The van der Waals surface area contributed by atoms with Crippen LogP contribution in [0.25, 0.3) is 22.1 Å². The van der Waals surface area contributed by atoms with Gasteiger partial charge in [0.1, 0.15) is 29.4 Å². The summed E-state index contributed by atoms with van der Waals surface area (Å²) in [4.78, 5) is 78.1. The van der Waals surface area contributed by atoms with Gasteiger partial charge in [-0.2, -0.15) is 0 Å². The van der Waals surface area contributed by atoms with Crippen LogP contribution in [0.4, 0.5) is 29.7 Å². The molecule has 78 heavy (non-hydrogen) atoms. The van der Waals surface area contributed by atoms with Crippen LogP contribution in [0.15, 0.2) is 78.9 Å².